The first-order valence-corrected chi connectivity index (χ1v) is 8.64. The molecular weight excluding hydrogens is 333 g/mol. The molecule has 0 saturated heterocycles. The summed E-state index contributed by atoms with van der Waals surface area (Å²) in [5.74, 6) is -0.00907. The van der Waals surface area contributed by atoms with E-state index in [0.717, 1.165) is 24.1 Å². The van der Waals surface area contributed by atoms with Crippen molar-refractivity contribution in [1.82, 2.24) is 19.7 Å². The lowest BCUT2D eigenvalue weighted by molar-refractivity contribution is 0.0979. The highest BCUT2D eigenvalue weighted by atomic mass is 19.1. The van der Waals surface area contributed by atoms with Crippen molar-refractivity contribution in [2.75, 3.05) is 11.4 Å². The summed E-state index contributed by atoms with van der Waals surface area (Å²) in [6.07, 6.45) is 5.62. The molecule has 26 heavy (non-hydrogen) atoms. The number of aryl methyl sites for hydroxylation is 1. The lowest BCUT2D eigenvalue weighted by Crippen LogP contribution is -2.30. The maximum absolute atomic E-state index is 14.2. The molecule has 0 fully saturated rings. The van der Waals surface area contributed by atoms with E-state index >= 15 is 0 Å². The second-order valence-corrected chi connectivity index (χ2v) is 6.18. The molecule has 1 aliphatic heterocycles. The third kappa shape index (κ3) is 2.75. The van der Waals surface area contributed by atoms with Gasteiger partial charge in [0.05, 0.1) is 5.69 Å². The average Bonchev–Trinajstić information content (AvgIpc) is 3.26. The Balaban J connectivity index is 1.73. The molecule has 0 spiro atoms. The molecule has 1 aromatic carbocycles. The van der Waals surface area contributed by atoms with Gasteiger partial charge in [-0.15, -0.1) is 5.10 Å². The van der Waals surface area contributed by atoms with Crippen LogP contribution >= 0.6 is 0 Å². The first-order valence-electron chi connectivity index (χ1n) is 8.64. The highest BCUT2D eigenvalue weighted by molar-refractivity contribution is 6.04. The minimum absolute atomic E-state index is 0.0846. The standard InChI is InChI=1S/C19H18FN5O/c1-2-5-17-22-18(23-25(17)16-7-4-3-6-14(16)20)19(26)24-11-9-13-12-21-10-8-15(13)24/h3-4,6-8,10,12H,2,5,9,11H2,1H3. The zero-order valence-electron chi connectivity index (χ0n) is 14.4. The van der Waals surface area contributed by atoms with Crippen molar-refractivity contribution in [3.63, 3.8) is 0 Å². The second-order valence-electron chi connectivity index (χ2n) is 6.18. The number of pyridine rings is 1. The van der Waals surface area contributed by atoms with Crippen molar-refractivity contribution < 1.29 is 9.18 Å². The molecular formula is C19H18FN5O. The number of hydrogen-bond donors (Lipinski definition) is 0. The number of fused-ring (bicyclic) bond motifs is 1. The van der Waals surface area contributed by atoms with Gasteiger partial charge in [-0.1, -0.05) is 19.1 Å². The van der Waals surface area contributed by atoms with Gasteiger partial charge in [-0.2, -0.15) is 0 Å². The number of benzene rings is 1. The third-order valence-corrected chi connectivity index (χ3v) is 4.44. The van der Waals surface area contributed by atoms with Gasteiger partial charge in [-0.25, -0.2) is 14.1 Å². The number of anilines is 1. The van der Waals surface area contributed by atoms with Gasteiger partial charge in [0, 0.05) is 25.4 Å². The van der Waals surface area contributed by atoms with Gasteiger partial charge in [0.15, 0.2) is 0 Å². The molecule has 7 heteroatoms. The summed E-state index contributed by atoms with van der Waals surface area (Å²) in [4.78, 5) is 23.1. The molecule has 0 aliphatic carbocycles. The van der Waals surface area contributed by atoms with Crippen LogP contribution in [0, 0.1) is 5.82 Å². The summed E-state index contributed by atoms with van der Waals surface area (Å²) < 4.78 is 15.7. The maximum atomic E-state index is 14.2. The van der Waals surface area contributed by atoms with Gasteiger partial charge in [0.2, 0.25) is 5.82 Å². The van der Waals surface area contributed by atoms with Crippen molar-refractivity contribution >= 4 is 11.6 Å². The number of amides is 1. The Hall–Kier alpha value is -3.09. The van der Waals surface area contributed by atoms with E-state index in [-0.39, 0.29) is 11.7 Å². The van der Waals surface area contributed by atoms with E-state index in [9.17, 15) is 9.18 Å². The van der Waals surface area contributed by atoms with Crippen LogP contribution in [0.4, 0.5) is 10.1 Å². The Morgan fingerprint density at radius 2 is 2.08 bits per heavy atom. The summed E-state index contributed by atoms with van der Waals surface area (Å²) in [5.41, 5.74) is 2.17. The van der Waals surface area contributed by atoms with Crippen molar-refractivity contribution in [2.24, 2.45) is 0 Å². The molecule has 2 aromatic heterocycles. The van der Waals surface area contributed by atoms with Crippen molar-refractivity contribution in [3.05, 3.63) is 65.8 Å². The molecule has 0 radical (unpaired) electrons. The number of aromatic nitrogens is 4. The van der Waals surface area contributed by atoms with E-state index in [1.807, 2.05) is 13.0 Å². The van der Waals surface area contributed by atoms with Crippen molar-refractivity contribution in [2.45, 2.75) is 26.2 Å². The van der Waals surface area contributed by atoms with Crippen LogP contribution in [0.15, 0.2) is 42.7 Å². The van der Waals surface area contributed by atoms with Crippen LogP contribution in [0.2, 0.25) is 0 Å². The highest BCUT2D eigenvalue weighted by Crippen LogP contribution is 2.28. The molecule has 0 atom stereocenters. The number of rotatable bonds is 4. The Bertz CT molecular complexity index is 968. The average molecular weight is 351 g/mol. The number of hydrogen-bond acceptors (Lipinski definition) is 4. The normalized spacial score (nSPS) is 13.1. The smallest absolute Gasteiger partial charge is 0.297 e. The molecule has 3 aromatic rings. The number of carbonyl (C=O) groups is 1. The van der Waals surface area contributed by atoms with Crippen LogP contribution in [0.1, 0.15) is 35.4 Å². The lowest BCUT2D eigenvalue weighted by Gasteiger charge is -2.14. The van der Waals surface area contributed by atoms with Crippen molar-refractivity contribution in [1.29, 1.82) is 0 Å². The van der Waals surface area contributed by atoms with Crippen LogP contribution in [-0.2, 0) is 12.8 Å². The van der Waals surface area contributed by atoms with E-state index in [2.05, 4.69) is 15.1 Å². The van der Waals surface area contributed by atoms with Gasteiger partial charge in [0.25, 0.3) is 5.91 Å². The highest BCUT2D eigenvalue weighted by Gasteiger charge is 2.29. The molecule has 0 bridgehead atoms. The predicted molar refractivity (Wildman–Crippen MR) is 94.9 cm³/mol. The quantitative estimate of drug-likeness (QED) is 0.725. The van der Waals surface area contributed by atoms with E-state index in [0.29, 0.717) is 24.5 Å². The van der Waals surface area contributed by atoms with Gasteiger partial charge >= 0.3 is 0 Å². The zero-order valence-corrected chi connectivity index (χ0v) is 14.4. The first kappa shape index (κ1) is 16.4. The third-order valence-electron chi connectivity index (χ3n) is 4.44. The summed E-state index contributed by atoms with van der Waals surface area (Å²) in [5, 5.41) is 4.34. The number of para-hydroxylation sites is 1. The van der Waals surface area contributed by atoms with Crippen LogP contribution in [0.5, 0.6) is 0 Å². The van der Waals surface area contributed by atoms with E-state index in [1.54, 1.807) is 35.5 Å². The fraction of sp³-hybridized carbons (Fsp3) is 0.263. The van der Waals surface area contributed by atoms with Gasteiger partial charge in [-0.05, 0) is 36.6 Å². The monoisotopic (exact) mass is 351 g/mol. The first-order chi connectivity index (χ1) is 12.7. The second kappa shape index (κ2) is 6.67. The van der Waals surface area contributed by atoms with Gasteiger partial charge in [0.1, 0.15) is 17.3 Å². The van der Waals surface area contributed by atoms with Crippen LogP contribution in [-0.4, -0.2) is 32.2 Å². The van der Waals surface area contributed by atoms with Gasteiger partial charge < -0.3 is 4.90 Å². The molecule has 1 amide bonds. The minimum atomic E-state index is -0.397. The summed E-state index contributed by atoms with van der Waals surface area (Å²) in [6, 6.07) is 8.19. The lowest BCUT2D eigenvalue weighted by atomic mass is 10.2. The Morgan fingerprint density at radius 1 is 1.23 bits per heavy atom. The molecule has 1 aliphatic rings. The van der Waals surface area contributed by atoms with Crippen LogP contribution < -0.4 is 4.90 Å². The van der Waals surface area contributed by atoms with Crippen LogP contribution in [0.25, 0.3) is 5.69 Å². The van der Waals surface area contributed by atoms with Gasteiger partial charge in [-0.3, -0.25) is 9.78 Å². The molecule has 6 nitrogen and oxygen atoms in total. The minimum Gasteiger partial charge on any atom is -0.305 e. The largest absolute Gasteiger partial charge is 0.305 e. The predicted octanol–water partition coefficient (Wildman–Crippen LogP) is 2.96. The fourth-order valence-electron chi connectivity index (χ4n) is 3.20. The summed E-state index contributed by atoms with van der Waals surface area (Å²) in [7, 11) is 0. The summed E-state index contributed by atoms with van der Waals surface area (Å²) in [6.45, 7) is 2.57. The number of carbonyl (C=O) groups excluding carboxylic acids is 1. The molecule has 0 N–H and O–H groups in total. The van der Waals surface area contributed by atoms with E-state index in [1.165, 1.54) is 10.7 Å². The number of nitrogens with zero attached hydrogens (tertiary/aromatic N) is 5. The summed E-state index contributed by atoms with van der Waals surface area (Å²) >= 11 is 0. The Morgan fingerprint density at radius 3 is 2.88 bits per heavy atom. The molecule has 3 heterocycles. The van der Waals surface area contributed by atoms with Crippen LogP contribution in [0.3, 0.4) is 0 Å². The van der Waals surface area contributed by atoms with E-state index in [4.69, 9.17) is 0 Å². The Labute approximate surface area is 150 Å². The maximum Gasteiger partial charge on any atom is 0.297 e. The fourth-order valence-corrected chi connectivity index (χ4v) is 3.20. The molecule has 132 valence electrons. The molecule has 0 unspecified atom stereocenters. The SMILES string of the molecule is CCCc1nc(C(=O)N2CCc3cnccc32)nn1-c1ccccc1F. The van der Waals surface area contributed by atoms with E-state index < -0.39 is 5.82 Å². The molecule has 0 saturated carbocycles. The zero-order chi connectivity index (χ0) is 18.1. The number of halogens is 1. The molecule has 4 rings (SSSR count). The topological polar surface area (TPSA) is 63.9 Å². The van der Waals surface area contributed by atoms with Crippen molar-refractivity contribution in [3.8, 4) is 5.69 Å². The Kier molecular flexibility index (Phi) is 4.20.